The number of carboxylic acid groups (broad SMARTS) is 1. The number of aromatic nitrogens is 1. The van der Waals surface area contributed by atoms with Gasteiger partial charge in [-0.25, -0.2) is 9.78 Å². The van der Waals surface area contributed by atoms with Gasteiger partial charge in [-0.2, -0.15) is 0 Å². The van der Waals surface area contributed by atoms with E-state index in [4.69, 9.17) is 5.73 Å². The molecular weight excluding hydrogens is 298 g/mol. The van der Waals surface area contributed by atoms with Crippen LogP contribution in [0.25, 0.3) is 0 Å². The molecule has 1 aliphatic rings. The fourth-order valence-electron chi connectivity index (χ4n) is 2.23. The van der Waals surface area contributed by atoms with Gasteiger partial charge >= 0.3 is 5.97 Å². The number of carbonyl (C=O) groups excluding carboxylic acids is 1. The third-order valence-corrected chi connectivity index (χ3v) is 5.49. The van der Waals surface area contributed by atoms with Crippen molar-refractivity contribution in [1.29, 1.82) is 0 Å². The van der Waals surface area contributed by atoms with Crippen LogP contribution in [0.15, 0.2) is 0 Å². The van der Waals surface area contributed by atoms with Crippen LogP contribution in [0.3, 0.4) is 0 Å². The third kappa shape index (κ3) is 2.76. The monoisotopic (exact) mass is 315 g/mol. The number of rotatable bonds is 4. The van der Waals surface area contributed by atoms with E-state index in [0.29, 0.717) is 21.5 Å². The zero-order valence-corrected chi connectivity index (χ0v) is 13.0. The molecule has 1 fully saturated rings. The number of aryl methyl sites for hydroxylation is 1. The van der Waals surface area contributed by atoms with Gasteiger partial charge in [-0.15, -0.1) is 11.8 Å². The second-order valence-corrected chi connectivity index (χ2v) is 6.85. The van der Waals surface area contributed by atoms with Crippen LogP contribution in [0, 0.1) is 6.92 Å². The summed E-state index contributed by atoms with van der Waals surface area (Å²) in [4.78, 5) is 30.0. The van der Waals surface area contributed by atoms with Gasteiger partial charge in [0.15, 0.2) is 5.13 Å². The first-order valence-corrected chi connectivity index (χ1v) is 8.22. The topological polar surface area (TPSA) is 96.5 Å². The molecule has 1 aromatic rings. The zero-order chi connectivity index (χ0) is 14.9. The average molecular weight is 315 g/mol. The van der Waals surface area contributed by atoms with E-state index in [0.717, 1.165) is 24.2 Å². The van der Waals surface area contributed by atoms with E-state index in [9.17, 15) is 14.7 Å². The van der Waals surface area contributed by atoms with Crippen LogP contribution in [0.4, 0.5) is 5.13 Å². The highest BCUT2D eigenvalue weighted by atomic mass is 32.2. The Labute approximate surface area is 125 Å². The van der Waals surface area contributed by atoms with Crippen LogP contribution in [-0.4, -0.2) is 44.0 Å². The van der Waals surface area contributed by atoms with Gasteiger partial charge in [0.2, 0.25) is 0 Å². The molecule has 2 heterocycles. The van der Waals surface area contributed by atoms with E-state index in [1.165, 1.54) is 16.7 Å². The molecule has 3 N–H and O–H groups in total. The number of carbonyl (C=O) groups is 2. The standard InChI is InChI=1S/C12H17N3O3S2/c1-3-4-8-15(7(5-19-8)11(17)18)10(16)9-6(2)14-12(13)20-9/h7-8H,3-5H2,1-2H3,(H2,13,14)(H,17,18). The second-order valence-electron chi connectivity index (χ2n) is 4.61. The van der Waals surface area contributed by atoms with Crippen molar-refractivity contribution in [1.82, 2.24) is 9.88 Å². The molecule has 2 atom stereocenters. The normalized spacial score (nSPS) is 22.2. The number of thioether (sulfide) groups is 1. The lowest BCUT2D eigenvalue weighted by atomic mass is 10.2. The van der Waals surface area contributed by atoms with Crippen molar-refractivity contribution in [3.8, 4) is 0 Å². The molecule has 0 bridgehead atoms. The van der Waals surface area contributed by atoms with Crippen molar-refractivity contribution in [2.24, 2.45) is 0 Å². The summed E-state index contributed by atoms with van der Waals surface area (Å²) in [6.07, 6.45) is 1.69. The third-order valence-electron chi connectivity index (χ3n) is 3.16. The number of nitrogen functional groups attached to an aromatic ring is 1. The maximum atomic E-state index is 12.6. The molecular formula is C12H17N3O3S2. The van der Waals surface area contributed by atoms with Gasteiger partial charge in [-0.05, 0) is 13.3 Å². The van der Waals surface area contributed by atoms with Gasteiger partial charge in [-0.1, -0.05) is 24.7 Å². The average Bonchev–Trinajstić information content (AvgIpc) is 2.92. The van der Waals surface area contributed by atoms with Gasteiger partial charge < -0.3 is 15.7 Å². The zero-order valence-electron chi connectivity index (χ0n) is 11.3. The molecule has 0 radical (unpaired) electrons. The molecule has 0 aliphatic carbocycles. The summed E-state index contributed by atoms with van der Waals surface area (Å²) < 4.78 is 0. The Kier molecular flexibility index (Phi) is 4.54. The van der Waals surface area contributed by atoms with Crippen LogP contribution in [-0.2, 0) is 4.79 Å². The fourth-order valence-corrected chi connectivity index (χ4v) is 4.52. The highest BCUT2D eigenvalue weighted by molar-refractivity contribution is 8.00. The number of nitrogens with two attached hydrogens (primary N) is 1. The number of hydrogen-bond donors (Lipinski definition) is 2. The quantitative estimate of drug-likeness (QED) is 0.879. The van der Waals surface area contributed by atoms with Gasteiger partial charge in [-0.3, -0.25) is 4.79 Å². The molecule has 2 rings (SSSR count). The van der Waals surface area contributed by atoms with E-state index in [2.05, 4.69) is 4.98 Å². The summed E-state index contributed by atoms with van der Waals surface area (Å²) in [7, 11) is 0. The Hall–Kier alpha value is -1.28. The van der Waals surface area contributed by atoms with Crippen molar-refractivity contribution in [2.75, 3.05) is 11.5 Å². The summed E-state index contributed by atoms with van der Waals surface area (Å²) in [5.74, 6) is -0.800. The summed E-state index contributed by atoms with van der Waals surface area (Å²) in [5, 5.41) is 9.54. The van der Waals surface area contributed by atoms with Crippen molar-refractivity contribution in [3.63, 3.8) is 0 Å². The number of carboxylic acids is 1. The van der Waals surface area contributed by atoms with Crippen LogP contribution >= 0.6 is 23.1 Å². The van der Waals surface area contributed by atoms with Crippen molar-refractivity contribution in [2.45, 2.75) is 38.1 Å². The fraction of sp³-hybridized carbons (Fsp3) is 0.583. The molecule has 110 valence electrons. The van der Waals surface area contributed by atoms with Crippen LogP contribution < -0.4 is 5.73 Å². The maximum absolute atomic E-state index is 12.6. The summed E-state index contributed by atoms with van der Waals surface area (Å²) in [6.45, 7) is 3.74. The predicted octanol–water partition coefficient (Wildman–Crippen LogP) is 1.80. The molecule has 8 heteroatoms. The number of amides is 1. The molecule has 1 amide bonds. The first kappa shape index (κ1) is 15.1. The number of anilines is 1. The Morgan fingerprint density at radius 3 is 2.75 bits per heavy atom. The van der Waals surface area contributed by atoms with Gasteiger partial charge in [0, 0.05) is 5.75 Å². The van der Waals surface area contributed by atoms with Crippen LogP contribution in [0.5, 0.6) is 0 Å². The lowest BCUT2D eigenvalue weighted by molar-refractivity contribution is -0.141. The SMILES string of the molecule is CCCC1SCC(C(=O)O)N1C(=O)c1sc(N)nc1C. The van der Waals surface area contributed by atoms with E-state index in [-0.39, 0.29) is 11.3 Å². The Morgan fingerprint density at radius 1 is 1.55 bits per heavy atom. The Bertz CT molecular complexity index is 532. The molecule has 0 aromatic carbocycles. The largest absolute Gasteiger partial charge is 0.480 e. The van der Waals surface area contributed by atoms with Gasteiger partial charge in [0.05, 0.1) is 11.1 Å². The molecule has 6 nitrogen and oxygen atoms in total. The van der Waals surface area contributed by atoms with Crippen LogP contribution in [0.2, 0.25) is 0 Å². The first-order chi connectivity index (χ1) is 9.45. The summed E-state index contributed by atoms with van der Waals surface area (Å²) in [6, 6.07) is -0.772. The van der Waals surface area contributed by atoms with Crippen molar-refractivity contribution >= 4 is 40.1 Å². The summed E-state index contributed by atoms with van der Waals surface area (Å²) >= 11 is 2.64. The van der Waals surface area contributed by atoms with Crippen molar-refractivity contribution < 1.29 is 14.7 Å². The highest BCUT2D eigenvalue weighted by Gasteiger charge is 2.42. The molecule has 1 aromatic heterocycles. The Morgan fingerprint density at radius 2 is 2.25 bits per heavy atom. The molecule has 20 heavy (non-hydrogen) atoms. The molecule has 2 unspecified atom stereocenters. The minimum absolute atomic E-state index is 0.0867. The minimum atomic E-state index is -0.959. The Balaban J connectivity index is 2.31. The number of nitrogens with zero attached hydrogens (tertiary/aromatic N) is 2. The van der Waals surface area contributed by atoms with E-state index < -0.39 is 12.0 Å². The molecule has 1 saturated heterocycles. The van der Waals surface area contributed by atoms with Gasteiger partial charge in [0.25, 0.3) is 5.91 Å². The second kappa shape index (κ2) is 6.01. The van der Waals surface area contributed by atoms with E-state index >= 15 is 0 Å². The first-order valence-electron chi connectivity index (χ1n) is 6.35. The minimum Gasteiger partial charge on any atom is -0.480 e. The van der Waals surface area contributed by atoms with Gasteiger partial charge in [0.1, 0.15) is 10.9 Å². The maximum Gasteiger partial charge on any atom is 0.327 e. The highest BCUT2D eigenvalue weighted by Crippen LogP contribution is 2.35. The van der Waals surface area contributed by atoms with E-state index in [1.807, 2.05) is 6.92 Å². The number of aliphatic carboxylic acids is 1. The van der Waals surface area contributed by atoms with Crippen molar-refractivity contribution in [3.05, 3.63) is 10.6 Å². The molecule has 0 spiro atoms. The smallest absolute Gasteiger partial charge is 0.327 e. The predicted molar refractivity (Wildman–Crippen MR) is 80.0 cm³/mol. The molecule has 0 saturated carbocycles. The summed E-state index contributed by atoms with van der Waals surface area (Å²) in [5.41, 5.74) is 6.18. The number of hydrogen-bond acceptors (Lipinski definition) is 6. The lowest BCUT2D eigenvalue weighted by Crippen LogP contribution is -2.45. The number of thiazole rings is 1. The van der Waals surface area contributed by atoms with Crippen LogP contribution in [0.1, 0.15) is 35.1 Å². The lowest BCUT2D eigenvalue weighted by Gasteiger charge is -2.26. The van der Waals surface area contributed by atoms with E-state index in [1.54, 1.807) is 6.92 Å². The molecule has 1 aliphatic heterocycles.